The van der Waals surface area contributed by atoms with Gasteiger partial charge in [0.2, 0.25) is 5.91 Å². The smallest absolute Gasteiger partial charge is 0.225 e. The van der Waals surface area contributed by atoms with Crippen LogP contribution in [0.15, 0.2) is 66.1 Å². The van der Waals surface area contributed by atoms with Crippen LogP contribution in [0.3, 0.4) is 0 Å². The van der Waals surface area contributed by atoms with Crippen LogP contribution in [-0.4, -0.2) is 28.3 Å². The van der Waals surface area contributed by atoms with Crippen LogP contribution >= 0.6 is 11.8 Å². The second kappa shape index (κ2) is 8.58. The van der Waals surface area contributed by atoms with E-state index in [-0.39, 0.29) is 5.91 Å². The molecule has 0 saturated carbocycles. The molecule has 0 unspecified atom stereocenters. The maximum absolute atomic E-state index is 12.2. The highest BCUT2D eigenvalue weighted by Gasteiger charge is 2.10. The molecule has 0 bridgehead atoms. The van der Waals surface area contributed by atoms with Crippen molar-refractivity contribution in [3.63, 3.8) is 0 Å². The SMILES string of the molecule is COc1ccccc1NC(=O)CCSc1nccn1-c1cccc(C)c1. The standard InChI is InChI=1S/C20H21N3O2S/c1-15-6-5-7-16(14-15)23-12-11-21-20(23)26-13-10-19(24)22-17-8-3-4-9-18(17)25-2/h3-9,11-12,14H,10,13H2,1-2H3,(H,22,24). The molecule has 2 aromatic carbocycles. The second-order valence-electron chi connectivity index (χ2n) is 5.77. The Morgan fingerprint density at radius 2 is 2.08 bits per heavy atom. The summed E-state index contributed by atoms with van der Waals surface area (Å²) in [5.41, 5.74) is 2.96. The number of nitrogens with zero attached hydrogens (tertiary/aromatic N) is 2. The molecule has 0 fully saturated rings. The molecule has 5 nitrogen and oxygen atoms in total. The third-order valence-corrected chi connectivity index (χ3v) is 4.80. The van der Waals surface area contributed by atoms with Crippen molar-refractivity contribution in [3.05, 3.63) is 66.5 Å². The number of anilines is 1. The summed E-state index contributed by atoms with van der Waals surface area (Å²) in [7, 11) is 1.59. The molecule has 26 heavy (non-hydrogen) atoms. The molecule has 0 aliphatic carbocycles. The zero-order valence-electron chi connectivity index (χ0n) is 14.8. The third-order valence-electron chi connectivity index (χ3n) is 3.83. The number of imidazole rings is 1. The molecule has 6 heteroatoms. The molecule has 0 spiro atoms. The van der Waals surface area contributed by atoms with E-state index >= 15 is 0 Å². The molecule has 1 heterocycles. The molecule has 0 radical (unpaired) electrons. The molecule has 134 valence electrons. The number of para-hydroxylation sites is 2. The fourth-order valence-electron chi connectivity index (χ4n) is 2.57. The average molecular weight is 367 g/mol. The molecule has 1 N–H and O–H groups in total. The van der Waals surface area contributed by atoms with E-state index in [1.54, 1.807) is 25.1 Å². The number of carbonyl (C=O) groups excluding carboxylic acids is 1. The topological polar surface area (TPSA) is 56.1 Å². The number of aromatic nitrogens is 2. The highest BCUT2D eigenvalue weighted by molar-refractivity contribution is 7.99. The Labute approximate surface area is 157 Å². The molecule has 0 aliphatic heterocycles. The van der Waals surface area contributed by atoms with E-state index in [0.717, 1.165) is 10.8 Å². The van der Waals surface area contributed by atoms with Gasteiger partial charge in [0.1, 0.15) is 5.75 Å². The van der Waals surface area contributed by atoms with Gasteiger partial charge < -0.3 is 10.1 Å². The van der Waals surface area contributed by atoms with Crippen molar-refractivity contribution in [3.8, 4) is 11.4 Å². The van der Waals surface area contributed by atoms with Gasteiger partial charge in [0.25, 0.3) is 0 Å². The van der Waals surface area contributed by atoms with E-state index in [1.807, 2.05) is 47.2 Å². The molecule has 0 saturated heterocycles. The predicted octanol–water partition coefficient (Wildman–Crippen LogP) is 4.31. The number of methoxy groups -OCH3 is 1. The Hall–Kier alpha value is -2.73. The van der Waals surface area contributed by atoms with Crippen LogP contribution in [0.2, 0.25) is 0 Å². The summed E-state index contributed by atoms with van der Waals surface area (Å²) >= 11 is 1.56. The summed E-state index contributed by atoms with van der Waals surface area (Å²) in [6, 6.07) is 15.6. The normalized spacial score (nSPS) is 10.5. The first-order chi connectivity index (χ1) is 12.7. The number of thioether (sulfide) groups is 1. The third kappa shape index (κ3) is 4.46. The highest BCUT2D eigenvalue weighted by Crippen LogP contribution is 2.24. The van der Waals surface area contributed by atoms with Crippen molar-refractivity contribution in [2.24, 2.45) is 0 Å². The number of benzene rings is 2. The maximum atomic E-state index is 12.2. The Morgan fingerprint density at radius 3 is 2.88 bits per heavy atom. The van der Waals surface area contributed by atoms with Crippen LogP contribution in [0.25, 0.3) is 5.69 Å². The zero-order chi connectivity index (χ0) is 18.4. The van der Waals surface area contributed by atoms with Crippen LogP contribution < -0.4 is 10.1 Å². The minimum atomic E-state index is -0.0457. The van der Waals surface area contributed by atoms with Gasteiger partial charge in [-0.1, -0.05) is 36.0 Å². The minimum absolute atomic E-state index is 0.0457. The maximum Gasteiger partial charge on any atom is 0.225 e. The minimum Gasteiger partial charge on any atom is -0.495 e. The first kappa shape index (κ1) is 18.1. The van der Waals surface area contributed by atoms with Crippen molar-refractivity contribution in [2.75, 3.05) is 18.2 Å². The summed E-state index contributed by atoms with van der Waals surface area (Å²) < 4.78 is 7.29. The van der Waals surface area contributed by atoms with Crippen LogP contribution in [-0.2, 0) is 4.79 Å². The molecule has 0 atom stereocenters. The van der Waals surface area contributed by atoms with Gasteiger partial charge in [-0.25, -0.2) is 4.98 Å². The fraction of sp³-hybridized carbons (Fsp3) is 0.200. The van der Waals surface area contributed by atoms with E-state index < -0.39 is 0 Å². The van der Waals surface area contributed by atoms with E-state index in [4.69, 9.17) is 4.74 Å². The Bertz CT molecular complexity index is 892. The van der Waals surface area contributed by atoms with Gasteiger partial charge in [-0.3, -0.25) is 9.36 Å². The highest BCUT2D eigenvalue weighted by atomic mass is 32.2. The quantitative estimate of drug-likeness (QED) is 0.632. The van der Waals surface area contributed by atoms with Gasteiger partial charge in [-0.15, -0.1) is 0 Å². The largest absolute Gasteiger partial charge is 0.495 e. The van der Waals surface area contributed by atoms with Gasteiger partial charge >= 0.3 is 0 Å². The lowest BCUT2D eigenvalue weighted by atomic mass is 10.2. The summed E-state index contributed by atoms with van der Waals surface area (Å²) in [5.74, 6) is 1.25. The van der Waals surface area contributed by atoms with Crippen molar-refractivity contribution in [1.82, 2.24) is 9.55 Å². The van der Waals surface area contributed by atoms with Crippen LogP contribution in [0.4, 0.5) is 5.69 Å². The van der Waals surface area contributed by atoms with Crippen LogP contribution in [0.5, 0.6) is 5.75 Å². The summed E-state index contributed by atoms with van der Waals surface area (Å²) in [5, 5.41) is 3.77. The number of hydrogen-bond donors (Lipinski definition) is 1. The van der Waals surface area contributed by atoms with E-state index in [9.17, 15) is 4.79 Å². The van der Waals surface area contributed by atoms with E-state index in [0.29, 0.717) is 23.6 Å². The molecular formula is C20H21N3O2S. The summed E-state index contributed by atoms with van der Waals surface area (Å²) in [6.07, 6.45) is 4.11. The number of ether oxygens (including phenoxy) is 1. The van der Waals surface area contributed by atoms with Gasteiger partial charge in [-0.2, -0.15) is 0 Å². The van der Waals surface area contributed by atoms with Gasteiger partial charge in [-0.05, 0) is 36.8 Å². The predicted molar refractivity (Wildman–Crippen MR) is 105 cm³/mol. The molecule has 1 amide bonds. The van der Waals surface area contributed by atoms with Gasteiger partial charge in [0.05, 0.1) is 12.8 Å². The lowest BCUT2D eigenvalue weighted by molar-refractivity contribution is -0.115. The van der Waals surface area contributed by atoms with Crippen molar-refractivity contribution in [2.45, 2.75) is 18.5 Å². The number of carbonyl (C=O) groups is 1. The number of hydrogen-bond acceptors (Lipinski definition) is 4. The van der Waals surface area contributed by atoms with Gasteiger partial charge in [0.15, 0.2) is 5.16 Å². The van der Waals surface area contributed by atoms with Crippen LogP contribution in [0, 0.1) is 6.92 Å². The first-order valence-corrected chi connectivity index (χ1v) is 9.32. The Kier molecular flexibility index (Phi) is 5.96. The number of aryl methyl sites for hydroxylation is 1. The molecule has 3 aromatic rings. The Morgan fingerprint density at radius 1 is 1.23 bits per heavy atom. The lowest BCUT2D eigenvalue weighted by Crippen LogP contribution is -2.13. The monoisotopic (exact) mass is 367 g/mol. The number of amides is 1. The van der Waals surface area contributed by atoms with E-state index in [2.05, 4.69) is 29.4 Å². The molecular weight excluding hydrogens is 346 g/mol. The molecule has 1 aromatic heterocycles. The van der Waals surface area contributed by atoms with Crippen molar-refractivity contribution >= 4 is 23.4 Å². The summed E-state index contributed by atoms with van der Waals surface area (Å²) in [4.78, 5) is 16.6. The fourth-order valence-corrected chi connectivity index (χ4v) is 3.48. The number of rotatable bonds is 7. The van der Waals surface area contributed by atoms with Crippen molar-refractivity contribution < 1.29 is 9.53 Å². The van der Waals surface area contributed by atoms with Gasteiger partial charge in [0, 0.05) is 30.3 Å². The number of nitrogens with one attached hydrogen (secondary N) is 1. The summed E-state index contributed by atoms with van der Waals surface area (Å²) in [6.45, 7) is 2.06. The molecule has 0 aliphatic rings. The Balaban J connectivity index is 1.57. The van der Waals surface area contributed by atoms with E-state index in [1.165, 1.54) is 5.56 Å². The lowest BCUT2D eigenvalue weighted by Gasteiger charge is -2.10. The molecule has 3 rings (SSSR count). The second-order valence-corrected chi connectivity index (χ2v) is 6.83. The van der Waals surface area contributed by atoms with Crippen molar-refractivity contribution in [1.29, 1.82) is 0 Å². The first-order valence-electron chi connectivity index (χ1n) is 8.33. The average Bonchev–Trinajstić information content (AvgIpc) is 3.11. The zero-order valence-corrected chi connectivity index (χ0v) is 15.6. The van der Waals surface area contributed by atoms with Crippen LogP contribution in [0.1, 0.15) is 12.0 Å².